The van der Waals surface area contributed by atoms with Crippen LogP contribution in [0.1, 0.15) is 24.0 Å². The topological polar surface area (TPSA) is 117 Å². The Bertz CT molecular complexity index is 1030. The average molecular weight is 521 g/mol. The molecule has 9 nitrogen and oxygen atoms in total. The standard InChI is InChI=1S/C24H31ClN2O3.C2H2O4/c1-26(14-12-18-10-11-22(29-2)23(15-18)30-3)24(28)20-8-6-13-27(17-20)16-19-7-4-5-9-21(19)25;3-1(4)2(5)6/h4-5,7,9-11,15,20H,6,8,12-14,16-17H2,1-3H3;(H,3,4)(H,5,6). The number of hydrogen-bond donors (Lipinski definition) is 2. The molecule has 0 spiro atoms. The van der Waals surface area contributed by atoms with Crippen molar-refractivity contribution in [3.8, 4) is 11.5 Å². The fourth-order valence-corrected chi connectivity index (χ4v) is 4.22. The van der Waals surface area contributed by atoms with E-state index >= 15 is 0 Å². The molecular formula is C26H33ClN2O7. The number of likely N-dealkylation sites (N-methyl/N-ethyl adjacent to an activating group) is 1. The van der Waals surface area contributed by atoms with E-state index in [9.17, 15) is 4.79 Å². The monoisotopic (exact) mass is 520 g/mol. The largest absolute Gasteiger partial charge is 0.493 e. The Balaban J connectivity index is 0.000000678. The first-order valence-electron chi connectivity index (χ1n) is 11.5. The van der Waals surface area contributed by atoms with Gasteiger partial charge < -0.3 is 24.6 Å². The predicted octanol–water partition coefficient (Wildman–Crippen LogP) is 3.43. The number of piperidine rings is 1. The summed E-state index contributed by atoms with van der Waals surface area (Å²) in [5, 5.41) is 15.6. The van der Waals surface area contributed by atoms with Gasteiger partial charge in [0.15, 0.2) is 11.5 Å². The maximum atomic E-state index is 13.0. The molecule has 2 aromatic rings. The number of ether oxygens (including phenoxy) is 2. The number of halogens is 1. The third-order valence-electron chi connectivity index (χ3n) is 5.95. The molecule has 0 aliphatic carbocycles. The summed E-state index contributed by atoms with van der Waals surface area (Å²) in [6.07, 6.45) is 2.75. The van der Waals surface area contributed by atoms with Gasteiger partial charge in [-0.25, -0.2) is 9.59 Å². The molecule has 0 bridgehead atoms. The number of hydrogen-bond acceptors (Lipinski definition) is 6. The van der Waals surface area contributed by atoms with Crippen molar-refractivity contribution in [2.45, 2.75) is 25.8 Å². The van der Waals surface area contributed by atoms with Gasteiger partial charge in [-0.2, -0.15) is 0 Å². The second-order valence-electron chi connectivity index (χ2n) is 8.48. The highest BCUT2D eigenvalue weighted by molar-refractivity contribution is 6.31. The van der Waals surface area contributed by atoms with Crippen molar-refractivity contribution in [3.63, 3.8) is 0 Å². The minimum atomic E-state index is -1.82. The summed E-state index contributed by atoms with van der Waals surface area (Å²) in [5.41, 5.74) is 2.24. The molecule has 1 amide bonds. The Labute approximate surface area is 216 Å². The van der Waals surface area contributed by atoms with Crippen LogP contribution in [0.5, 0.6) is 11.5 Å². The van der Waals surface area contributed by atoms with Crippen molar-refractivity contribution in [1.82, 2.24) is 9.80 Å². The molecule has 196 valence electrons. The molecule has 0 aromatic heterocycles. The predicted molar refractivity (Wildman–Crippen MR) is 136 cm³/mol. The average Bonchev–Trinajstić information content (AvgIpc) is 2.88. The summed E-state index contributed by atoms with van der Waals surface area (Å²) in [6.45, 7) is 3.25. The Morgan fingerprint density at radius 1 is 1.06 bits per heavy atom. The van der Waals surface area contributed by atoms with Gasteiger partial charge in [-0.05, 0) is 55.1 Å². The van der Waals surface area contributed by atoms with Gasteiger partial charge in [-0.3, -0.25) is 9.69 Å². The molecule has 1 saturated heterocycles. The van der Waals surface area contributed by atoms with E-state index in [1.54, 1.807) is 14.2 Å². The second-order valence-corrected chi connectivity index (χ2v) is 8.88. The molecule has 1 aliphatic heterocycles. The number of methoxy groups -OCH3 is 2. The molecule has 1 aliphatic rings. The van der Waals surface area contributed by atoms with Gasteiger partial charge in [0.05, 0.1) is 20.1 Å². The van der Waals surface area contributed by atoms with Gasteiger partial charge in [0.1, 0.15) is 0 Å². The molecule has 2 N–H and O–H groups in total. The van der Waals surface area contributed by atoms with E-state index in [1.807, 2.05) is 48.3 Å². The maximum Gasteiger partial charge on any atom is 0.414 e. The number of rotatable bonds is 8. The summed E-state index contributed by atoms with van der Waals surface area (Å²) < 4.78 is 10.7. The zero-order valence-electron chi connectivity index (χ0n) is 20.8. The first kappa shape index (κ1) is 28.9. The maximum absolute atomic E-state index is 13.0. The number of carbonyl (C=O) groups is 3. The molecule has 1 heterocycles. The second kappa shape index (κ2) is 14.3. The van der Waals surface area contributed by atoms with Crippen LogP contribution in [-0.4, -0.2) is 78.8 Å². The Kier molecular flexibility index (Phi) is 11.5. The Morgan fingerprint density at radius 2 is 1.72 bits per heavy atom. The highest BCUT2D eigenvalue weighted by atomic mass is 35.5. The van der Waals surface area contributed by atoms with E-state index in [2.05, 4.69) is 11.0 Å². The molecule has 2 aromatic carbocycles. The normalized spacial score (nSPS) is 15.3. The van der Waals surface area contributed by atoms with Crippen LogP contribution in [-0.2, 0) is 27.3 Å². The number of amides is 1. The van der Waals surface area contributed by atoms with Gasteiger partial charge in [-0.15, -0.1) is 0 Å². The van der Waals surface area contributed by atoms with Gasteiger partial charge in [0.25, 0.3) is 0 Å². The highest BCUT2D eigenvalue weighted by Gasteiger charge is 2.28. The number of aliphatic carboxylic acids is 2. The molecule has 1 unspecified atom stereocenters. The van der Waals surface area contributed by atoms with Gasteiger partial charge >= 0.3 is 11.9 Å². The molecule has 1 atom stereocenters. The molecular weight excluding hydrogens is 488 g/mol. The SMILES string of the molecule is COc1ccc(CCN(C)C(=O)C2CCCN(Cc3ccccc3Cl)C2)cc1OC.O=C(O)C(=O)O. The van der Waals surface area contributed by atoms with E-state index in [1.165, 1.54) is 0 Å². The molecule has 0 radical (unpaired) electrons. The van der Waals surface area contributed by atoms with Crippen LogP contribution in [0.4, 0.5) is 0 Å². The quantitative estimate of drug-likeness (QED) is 0.508. The van der Waals surface area contributed by atoms with Crippen LogP contribution in [0.2, 0.25) is 5.02 Å². The fourth-order valence-electron chi connectivity index (χ4n) is 4.02. The number of carbonyl (C=O) groups excluding carboxylic acids is 1. The minimum absolute atomic E-state index is 0.0386. The number of carboxylic acids is 2. The molecule has 1 fully saturated rings. The van der Waals surface area contributed by atoms with E-state index in [-0.39, 0.29) is 11.8 Å². The smallest absolute Gasteiger partial charge is 0.414 e. The summed E-state index contributed by atoms with van der Waals surface area (Å²) in [7, 11) is 5.16. The van der Waals surface area contributed by atoms with Crippen LogP contribution in [0.25, 0.3) is 0 Å². The zero-order chi connectivity index (χ0) is 26.7. The van der Waals surface area contributed by atoms with Gasteiger partial charge in [0, 0.05) is 31.7 Å². The lowest BCUT2D eigenvalue weighted by Crippen LogP contribution is -2.43. The molecule has 0 saturated carbocycles. The van der Waals surface area contributed by atoms with Crippen molar-refractivity contribution in [2.24, 2.45) is 5.92 Å². The molecule has 36 heavy (non-hydrogen) atoms. The van der Waals surface area contributed by atoms with E-state index in [0.29, 0.717) is 18.0 Å². The zero-order valence-corrected chi connectivity index (χ0v) is 21.5. The lowest BCUT2D eigenvalue weighted by atomic mass is 9.96. The fraction of sp³-hybridized carbons (Fsp3) is 0.423. The molecule has 10 heteroatoms. The third-order valence-corrected chi connectivity index (χ3v) is 6.32. The van der Waals surface area contributed by atoms with E-state index in [0.717, 1.165) is 55.0 Å². The first-order chi connectivity index (χ1) is 17.2. The minimum Gasteiger partial charge on any atom is -0.493 e. The van der Waals surface area contributed by atoms with Crippen molar-refractivity contribution < 1.29 is 34.1 Å². The summed E-state index contributed by atoms with van der Waals surface area (Å²) in [4.78, 5) is 35.4. The lowest BCUT2D eigenvalue weighted by Gasteiger charge is -2.34. The first-order valence-corrected chi connectivity index (χ1v) is 11.9. The van der Waals surface area contributed by atoms with Crippen molar-refractivity contribution in [2.75, 3.05) is 40.9 Å². The number of nitrogens with zero attached hydrogens (tertiary/aromatic N) is 2. The van der Waals surface area contributed by atoms with E-state index in [4.69, 9.17) is 40.9 Å². The summed E-state index contributed by atoms with van der Waals surface area (Å²) >= 11 is 6.31. The van der Waals surface area contributed by atoms with Crippen molar-refractivity contribution >= 4 is 29.4 Å². The highest BCUT2D eigenvalue weighted by Crippen LogP contribution is 2.28. The number of benzene rings is 2. The summed E-state index contributed by atoms with van der Waals surface area (Å²) in [5.74, 6) is -1.96. The van der Waals surface area contributed by atoms with Gasteiger partial charge in [0.2, 0.25) is 5.91 Å². The third kappa shape index (κ3) is 8.73. The Morgan fingerprint density at radius 3 is 2.33 bits per heavy atom. The van der Waals surface area contributed by atoms with Crippen LogP contribution in [0.15, 0.2) is 42.5 Å². The van der Waals surface area contributed by atoms with Crippen molar-refractivity contribution in [1.29, 1.82) is 0 Å². The van der Waals surface area contributed by atoms with Crippen LogP contribution in [0, 0.1) is 5.92 Å². The van der Waals surface area contributed by atoms with Crippen molar-refractivity contribution in [3.05, 3.63) is 58.6 Å². The number of carboxylic acid groups (broad SMARTS) is 2. The lowest BCUT2D eigenvalue weighted by molar-refractivity contribution is -0.159. The Hall–Kier alpha value is -3.30. The van der Waals surface area contributed by atoms with Gasteiger partial charge in [-0.1, -0.05) is 35.9 Å². The number of likely N-dealkylation sites (tertiary alicyclic amines) is 1. The van der Waals surface area contributed by atoms with Crippen LogP contribution < -0.4 is 9.47 Å². The van der Waals surface area contributed by atoms with E-state index < -0.39 is 11.9 Å². The summed E-state index contributed by atoms with van der Waals surface area (Å²) in [6, 6.07) is 13.8. The molecule has 3 rings (SSSR count). The van der Waals surface area contributed by atoms with Crippen LogP contribution >= 0.6 is 11.6 Å². The van der Waals surface area contributed by atoms with Crippen LogP contribution in [0.3, 0.4) is 0 Å².